The van der Waals surface area contributed by atoms with E-state index in [0.717, 1.165) is 31.1 Å². The average molecular weight is 304 g/mol. The van der Waals surface area contributed by atoms with Crippen molar-refractivity contribution in [1.82, 2.24) is 0 Å². The fourth-order valence-corrected chi connectivity index (χ4v) is 3.81. The van der Waals surface area contributed by atoms with Gasteiger partial charge in [0.2, 0.25) is 0 Å². The summed E-state index contributed by atoms with van der Waals surface area (Å²) in [7, 11) is 0. The highest BCUT2D eigenvalue weighted by Crippen LogP contribution is 2.37. The van der Waals surface area contributed by atoms with Crippen LogP contribution in [-0.2, 0) is 6.18 Å². The molecule has 0 amide bonds. The highest BCUT2D eigenvalue weighted by Gasteiger charge is 2.34. The first-order valence-electron chi connectivity index (χ1n) is 6.76. The Morgan fingerprint density at radius 2 is 2.10 bits per heavy atom. The molecule has 0 aliphatic heterocycles. The van der Waals surface area contributed by atoms with Crippen LogP contribution in [0, 0.1) is 0 Å². The Morgan fingerprint density at radius 3 is 2.75 bits per heavy atom. The lowest BCUT2D eigenvalue weighted by atomic mass is 10.1. The van der Waals surface area contributed by atoms with E-state index in [1.807, 2.05) is 11.8 Å². The molecule has 1 aliphatic carbocycles. The van der Waals surface area contributed by atoms with Gasteiger partial charge in [-0.2, -0.15) is 24.9 Å². The second kappa shape index (κ2) is 6.16. The van der Waals surface area contributed by atoms with E-state index in [2.05, 4.69) is 12.2 Å². The van der Waals surface area contributed by atoms with Gasteiger partial charge >= 0.3 is 6.18 Å². The number of hydrogen-bond acceptors (Lipinski definition) is 3. The van der Waals surface area contributed by atoms with Gasteiger partial charge in [0.1, 0.15) is 0 Å². The third-order valence-electron chi connectivity index (χ3n) is 3.54. The van der Waals surface area contributed by atoms with Crippen LogP contribution in [0.3, 0.4) is 0 Å². The van der Waals surface area contributed by atoms with E-state index in [9.17, 15) is 13.2 Å². The molecular formula is C14H19F3N2S. The molecule has 1 fully saturated rings. The van der Waals surface area contributed by atoms with E-state index in [1.165, 1.54) is 6.07 Å². The van der Waals surface area contributed by atoms with Gasteiger partial charge in [0.05, 0.1) is 5.56 Å². The number of nitrogen functional groups attached to an aromatic ring is 1. The summed E-state index contributed by atoms with van der Waals surface area (Å²) in [5, 5.41) is 3.72. The zero-order valence-electron chi connectivity index (χ0n) is 11.3. The summed E-state index contributed by atoms with van der Waals surface area (Å²) in [6.07, 6.45) is -1.16. The number of nitrogens with two attached hydrogens (primary N) is 1. The fourth-order valence-electron chi connectivity index (χ4n) is 2.61. The normalized spacial score (nSPS) is 23.0. The fraction of sp³-hybridized carbons (Fsp3) is 0.571. The molecule has 1 aliphatic rings. The lowest BCUT2D eigenvalue weighted by Crippen LogP contribution is -2.26. The van der Waals surface area contributed by atoms with Gasteiger partial charge in [-0.3, -0.25) is 0 Å². The molecule has 6 heteroatoms. The van der Waals surface area contributed by atoms with Gasteiger partial charge in [0, 0.05) is 22.7 Å². The first-order valence-corrected chi connectivity index (χ1v) is 7.81. The number of hydrogen-bond donors (Lipinski definition) is 2. The van der Waals surface area contributed by atoms with Crippen LogP contribution in [0.4, 0.5) is 24.5 Å². The zero-order chi connectivity index (χ0) is 14.8. The highest BCUT2D eigenvalue weighted by atomic mass is 32.2. The molecular weight excluding hydrogens is 285 g/mol. The molecule has 1 aromatic rings. The van der Waals surface area contributed by atoms with Crippen molar-refractivity contribution in [2.24, 2.45) is 0 Å². The van der Waals surface area contributed by atoms with Crippen LogP contribution in [0.15, 0.2) is 18.2 Å². The monoisotopic (exact) mass is 304 g/mol. The van der Waals surface area contributed by atoms with E-state index in [0.29, 0.717) is 10.9 Å². The smallest absolute Gasteiger partial charge is 0.398 e. The minimum absolute atomic E-state index is 0.228. The summed E-state index contributed by atoms with van der Waals surface area (Å²) >= 11 is 1.87. The van der Waals surface area contributed by atoms with E-state index in [-0.39, 0.29) is 11.7 Å². The summed E-state index contributed by atoms with van der Waals surface area (Å²) in [5.41, 5.74) is 4.92. The Hall–Kier alpha value is -1.04. The molecule has 0 bridgehead atoms. The number of benzene rings is 1. The summed E-state index contributed by atoms with van der Waals surface area (Å²) in [4.78, 5) is 0. The molecule has 2 nitrogen and oxygen atoms in total. The second-order valence-corrected chi connectivity index (χ2v) is 6.49. The molecule has 0 aromatic heterocycles. The van der Waals surface area contributed by atoms with E-state index < -0.39 is 11.7 Å². The molecule has 3 N–H and O–H groups in total. The van der Waals surface area contributed by atoms with Crippen molar-refractivity contribution in [1.29, 1.82) is 0 Å². The molecule has 112 valence electrons. The molecule has 2 unspecified atom stereocenters. The highest BCUT2D eigenvalue weighted by molar-refractivity contribution is 7.99. The summed E-state index contributed by atoms with van der Waals surface area (Å²) in [6, 6.07) is 4.30. The number of anilines is 2. The molecule has 2 rings (SSSR count). The van der Waals surface area contributed by atoms with Crippen LogP contribution in [0.25, 0.3) is 0 Å². The van der Waals surface area contributed by atoms with Gasteiger partial charge in [-0.05, 0) is 36.8 Å². The maximum Gasteiger partial charge on any atom is 0.418 e. The third kappa shape index (κ3) is 3.53. The number of rotatable bonds is 4. The third-order valence-corrected chi connectivity index (χ3v) is 4.87. The molecule has 0 spiro atoms. The SMILES string of the molecule is CCSC1CCCC1Nc1ccc(N)c(C(F)(F)F)c1. The van der Waals surface area contributed by atoms with Gasteiger partial charge in [-0.25, -0.2) is 0 Å². The summed E-state index contributed by atoms with van der Waals surface area (Å²) in [5.74, 6) is 1.03. The molecule has 0 heterocycles. The quantitative estimate of drug-likeness (QED) is 0.811. The number of thioether (sulfide) groups is 1. The number of nitrogens with one attached hydrogen (secondary N) is 1. The van der Waals surface area contributed by atoms with E-state index >= 15 is 0 Å². The summed E-state index contributed by atoms with van der Waals surface area (Å²) < 4.78 is 38.5. The lowest BCUT2D eigenvalue weighted by molar-refractivity contribution is -0.136. The van der Waals surface area contributed by atoms with Gasteiger partial charge in [-0.15, -0.1) is 0 Å². The van der Waals surface area contributed by atoms with Crippen LogP contribution in [0.1, 0.15) is 31.7 Å². The maximum atomic E-state index is 12.8. The van der Waals surface area contributed by atoms with Crippen molar-refractivity contribution >= 4 is 23.1 Å². The minimum Gasteiger partial charge on any atom is -0.398 e. The van der Waals surface area contributed by atoms with Crippen molar-refractivity contribution in [2.45, 2.75) is 43.7 Å². The van der Waals surface area contributed by atoms with Crippen molar-refractivity contribution in [2.75, 3.05) is 16.8 Å². The minimum atomic E-state index is -4.41. The number of alkyl halides is 3. The van der Waals surface area contributed by atoms with Crippen molar-refractivity contribution in [3.05, 3.63) is 23.8 Å². The van der Waals surface area contributed by atoms with Gasteiger partial charge in [0.25, 0.3) is 0 Å². The van der Waals surface area contributed by atoms with E-state index in [1.54, 1.807) is 6.07 Å². The van der Waals surface area contributed by atoms with Crippen molar-refractivity contribution < 1.29 is 13.2 Å². The zero-order valence-corrected chi connectivity index (χ0v) is 12.2. The molecule has 1 aromatic carbocycles. The summed E-state index contributed by atoms with van der Waals surface area (Å²) in [6.45, 7) is 2.10. The Kier molecular flexibility index (Phi) is 4.73. The number of halogens is 3. The Bertz CT molecular complexity index is 462. The van der Waals surface area contributed by atoms with E-state index in [4.69, 9.17) is 5.73 Å². The molecule has 2 atom stereocenters. The van der Waals surface area contributed by atoms with Crippen molar-refractivity contribution in [3.63, 3.8) is 0 Å². The topological polar surface area (TPSA) is 38.0 Å². The molecule has 0 saturated heterocycles. The van der Waals surface area contributed by atoms with Crippen LogP contribution in [0.5, 0.6) is 0 Å². The maximum absolute atomic E-state index is 12.8. The van der Waals surface area contributed by atoms with Crippen molar-refractivity contribution in [3.8, 4) is 0 Å². The van der Waals surface area contributed by atoms with Crippen LogP contribution in [-0.4, -0.2) is 17.0 Å². The Labute approximate surface area is 121 Å². The van der Waals surface area contributed by atoms with Gasteiger partial charge in [-0.1, -0.05) is 13.3 Å². The molecule has 1 saturated carbocycles. The molecule has 0 radical (unpaired) electrons. The largest absolute Gasteiger partial charge is 0.418 e. The standard InChI is InChI=1S/C14H19F3N2S/c1-2-20-13-5-3-4-12(13)19-9-6-7-11(18)10(8-9)14(15,16)17/h6-8,12-13,19H,2-5,18H2,1H3. The van der Waals surface area contributed by atoms with Crippen LogP contribution >= 0.6 is 11.8 Å². The predicted octanol–water partition coefficient (Wildman–Crippen LogP) is 4.37. The Morgan fingerprint density at radius 1 is 1.35 bits per heavy atom. The first kappa shape index (κ1) is 15.4. The van der Waals surface area contributed by atoms with Gasteiger partial charge < -0.3 is 11.1 Å². The van der Waals surface area contributed by atoms with Crippen LogP contribution < -0.4 is 11.1 Å². The molecule has 20 heavy (non-hydrogen) atoms. The second-order valence-electron chi connectivity index (χ2n) is 4.98. The predicted molar refractivity (Wildman–Crippen MR) is 79.0 cm³/mol. The lowest BCUT2D eigenvalue weighted by Gasteiger charge is -2.22. The first-order chi connectivity index (χ1) is 9.41. The Balaban J connectivity index is 2.14. The van der Waals surface area contributed by atoms with Crippen LogP contribution in [0.2, 0.25) is 0 Å². The van der Waals surface area contributed by atoms with Gasteiger partial charge in [0.15, 0.2) is 0 Å². The average Bonchev–Trinajstić information content (AvgIpc) is 2.78.